The minimum absolute atomic E-state index is 0.313. The van der Waals surface area contributed by atoms with Crippen molar-refractivity contribution in [3.8, 4) is 0 Å². The third-order valence-electron chi connectivity index (χ3n) is 2.58. The average Bonchev–Trinajstić information content (AvgIpc) is 2.64. The van der Waals surface area contributed by atoms with E-state index in [2.05, 4.69) is 82.0 Å². The summed E-state index contributed by atoms with van der Waals surface area (Å²) in [4.78, 5) is 0.313. The number of rotatable bonds is 2. The van der Waals surface area contributed by atoms with Gasteiger partial charge >= 0.3 is 0 Å². The standard InChI is InChI=1S/C13H12BrIS/c1-8-3-4-11(9(2)5-8)13(14)10-6-12(15)16-7-10/h3-7,13H,1-2H3. The minimum Gasteiger partial charge on any atom is -0.137 e. The van der Waals surface area contributed by atoms with Crippen molar-refractivity contribution in [2.24, 2.45) is 0 Å². The SMILES string of the molecule is Cc1ccc(C(Br)c2csc(I)c2)c(C)c1. The third kappa shape index (κ3) is 2.68. The van der Waals surface area contributed by atoms with Gasteiger partial charge < -0.3 is 0 Å². The highest BCUT2D eigenvalue weighted by Gasteiger charge is 2.13. The zero-order chi connectivity index (χ0) is 11.7. The zero-order valence-electron chi connectivity index (χ0n) is 9.13. The van der Waals surface area contributed by atoms with Crippen LogP contribution in [0.1, 0.15) is 27.1 Å². The van der Waals surface area contributed by atoms with E-state index in [4.69, 9.17) is 0 Å². The molecule has 2 rings (SSSR count). The Hall–Kier alpha value is 0.130. The Morgan fingerprint density at radius 3 is 2.56 bits per heavy atom. The molecular weight excluding hydrogens is 395 g/mol. The summed E-state index contributed by atoms with van der Waals surface area (Å²) in [6, 6.07) is 8.87. The molecule has 0 aliphatic carbocycles. The van der Waals surface area contributed by atoms with Gasteiger partial charge in [-0.15, -0.1) is 11.3 Å². The van der Waals surface area contributed by atoms with Crippen LogP contribution in [0, 0.1) is 16.7 Å². The largest absolute Gasteiger partial charge is 0.137 e. The number of benzene rings is 1. The highest BCUT2D eigenvalue weighted by atomic mass is 127. The molecule has 0 nitrogen and oxygen atoms in total. The number of halogens is 2. The lowest BCUT2D eigenvalue weighted by Gasteiger charge is -2.12. The van der Waals surface area contributed by atoms with Crippen molar-refractivity contribution < 1.29 is 0 Å². The van der Waals surface area contributed by atoms with Crippen LogP contribution in [0.25, 0.3) is 0 Å². The van der Waals surface area contributed by atoms with Gasteiger partial charge in [-0.2, -0.15) is 0 Å². The summed E-state index contributed by atoms with van der Waals surface area (Å²) in [6.45, 7) is 4.31. The maximum absolute atomic E-state index is 3.79. The maximum atomic E-state index is 3.79. The predicted molar refractivity (Wildman–Crippen MR) is 83.7 cm³/mol. The molecular formula is C13H12BrIS. The summed E-state index contributed by atoms with van der Waals surface area (Å²) < 4.78 is 1.34. The Kier molecular flexibility index (Phi) is 4.08. The van der Waals surface area contributed by atoms with Crippen LogP contribution in [-0.2, 0) is 0 Å². The van der Waals surface area contributed by atoms with E-state index >= 15 is 0 Å². The molecule has 0 spiro atoms. The first kappa shape index (κ1) is 12.6. The second-order valence-corrected chi connectivity index (χ2v) is 7.63. The van der Waals surface area contributed by atoms with Crippen LogP contribution in [0.3, 0.4) is 0 Å². The molecule has 1 heterocycles. The molecule has 1 aromatic carbocycles. The highest BCUT2D eigenvalue weighted by molar-refractivity contribution is 14.1. The zero-order valence-corrected chi connectivity index (χ0v) is 13.7. The molecule has 0 N–H and O–H groups in total. The quantitative estimate of drug-likeness (QED) is 0.459. The fourth-order valence-electron chi connectivity index (χ4n) is 1.75. The van der Waals surface area contributed by atoms with Crippen molar-refractivity contribution in [1.82, 2.24) is 0 Å². The summed E-state index contributed by atoms with van der Waals surface area (Å²) in [5.41, 5.74) is 5.38. The molecule has 16 heavy (non-hydrogen) atoms. The lowest BCUT2D eigenvalue weighted by molar-refractivity contribution is 1.15. The van der Waals surface area contributed by atoms with Crippen LogP contribution in [-0.4, -0.2) is 0 Å². The molecule has 84 valence electrons. The molecule has 3 heteroatoms. The fourth-order valence-corrected chi connectivity index (χ4v) is 4.10. The predicted octanol–water partition coefficient (Wildman–Crippen LogP) is 5.45. The van der Waals surface area contributed by atoms with Gasteiger partial charge in [-0.3, -0.25) is 0 Å². The lowest BCUT2D eigenvalue weighted by Crippen LogP contribution is -1.94. The van der Waals surface area contributed by atoms with Gasteiger partial charge in [0.15, 0.2) is 0 Å². The summed E-state index contributed by atoms with van der Waals surface area (Å²) in [6.07, 6.45) is 0. The van der Waals surface area contributed by atoms with E-state index in [0.717, 1.165) is 0 Å². The monoisotopic (exact) mass is 406 g/mol. The lowest BCUT2D eigenvalue weighted by atomic mass is 10.0. The molecule has 0 aliphatic heterocycles. The van der Waals surface area contributed by atoms with Crippen LogP contribution in [0.5, 0.6) is 0 Å². The van der Waals surface area contributed by atoms with Gasteiger partial charge in [-0.05, 0) is 64.6 Å². The van der Waals surface area contributed by atoms with E-state index in [1.807, 2.05) is 0 Å². The molecule has 0 saturated carbocycles. The molecule has 2 aromatic rings. The van der Waals surface area contributed by atoms with E-state index in [-0.39, 0.29) is 0 Å². The molecule has 0 amide bonds. The van der Waals surface area contributed by atoms with Crippen LogP contribution in [0.2, 0.25) is 0 Å². The first-order valence-corrected chi connectivity index (χ1v) is 7.90. The summed E-state index contributed by atoms with van der Waals surface area (Å²) in [5, 5.41) is 2.22. The second-order valence-electron chi connectivity index (χ2n) is 3.91. The summed E-state index contributed by atoms with van der Waals surface area (Å²) in [7, 11) is 0. The number of hydrogen-bond donors (Lipinski definition) is 0. The molecule has 1 aromatic heterocycles. The van der Waals surface area contributed by atoms with Gasteiger partial charge in [-0.25, -0.2) is 0 Å². The minimum atomic E-state index is 0.313. The van der Waals surface area contributed by atoms with E-state index in [9.17, 15) is 0 Å². The first-order chi connectivity index (χ1) is 7.58. The van der Waals surface area contributed by atoms with Crippen LogP contribution in [0.15, 0.2) is 29.6 Å². The van der Waals surface area contributed by atoms with Gasteiger partial charge in [0, 0.05) is 0 Å². The van der Waals surface area contributed by atoms with Crippen LogP contribution >= 0.6 is 49.9 Å². The van der Waals surface area contributed by atoms with E-state index < -0.39 is 0 Å². The van der Waals surface area contributed by atoms with Crippen molar-refractivity contribution in [1.29, 1.82) is 0 Å². The number of alkyl halides is 1. The number of hydrogen-bond acceptors (Lipinski definition) is 1. The first-order valence-electron chi connectivity index (χ1n) is 5.03. The molecule has 1 atom stereocenters. The highest BCUT2D eigenvalue weighted by Crippen LogP contribution is 2.35. The molecule has 0 fully saturated rings. The van der Waals surface area contributed by atoms with Crippen molar-refractivity contribution >= 4 is 49.9 Å². The molecule has 1 unspecified atom stereocenters. The summed E-state index contributed by atoms with van der Waals surface area (Å²) >= 11 is 7.94. The Balaban J connectivity index is 2.37. The average molecular weight is 407 g/mol. The van der Waals surface area contributed by atoms with Gasteiger partial charge in [0.1, 0.15) is 0 Å². The molecule has 0 saturated heterocycles. The molecule has 0 bridgehead atoms. The van der Waals surface area contributed by atoms with Crippen LogP contribution in [0.4, 0.5) is 0 Å². The van der Waals surface area contributed by atoms with E-state index in [0.29, 0.717) is 4.83 Å². The van der Waals surface area contributed by atoms with Gasteiger partial charge in [0.25, 0.3) is 0 Å². The number of aryl methyl sites for hydroxylation is 2. The van der Waals surface area contributed by atoms with E-state index in [1.165, 1.54) is 25.1 Å². The Morgan fingerprint density at radius 2 is 2.00 bits per heavy atom. The molecule has 0 radical (unpaired) electrons. The smallest absolute Gasteiger partial charge is 0.0656 e. The van der Waals surface area contributed by atoms with Gasteiger partial charge in [-0.1, -0.05) is 39.7 Å². The Bertz CT molecular complexity index is 504. The summed E-state index contributed by atoms with van der Waals surface area (Å²) in [5.74, 6) is 0. The normalized spacial score (nSPS) is 12.8. The van der Waals surface area contributed by atoms with E-state index in [1.54, 1.807) is 11.3 Å². The van der Waals surface area contributed by atoms with Crippen molar-refractivity contribution in [2.75, 3.05) is 0 Å². The fraction of sp³-hybridized carbons (Fsp3) is 0.231. The Morgan fingerprint density at radius 1 is 1.25 bits per heavy atom. The molecule has 0 aliphatic rings. The third-order valence-corrected chi connectivity index (χ3v) is 5.41. The van der Waals surface area contributed by atoms with Crippen molar-refractivity contribution in [2.45, 2.75) is 18.7 Å². The van der Waals surface area contributed by atoms with Gasteiger partial charge in [0.05, 0.1) is 7.71 Å². The number of thiophene rings is 1. The van der Waals surface area contributed by atoms with Crippen molar-refractivity contribution in [3.63, 3.8) is 0 Å². The maximum Gasteiger partial charge on any atom is 0.0656 e. The van der Waals surface area contributed by atoms with Crippen molar-refractivity contribution in [3.05, 3.63) is 54.8 Å². The van der Waals surface area contributed by atoms with Crippen LogP contribution < -0.4 is 0 Å². The topological polar surface area (TPSA) is 0 Å². The second kappa shape index (κ2) is 5.19. The Labute approximate surface area is 122 Å². The van der Waals surface area contributed by atoms with Gasteiger partial charge in [0.2, 0.25) is 0 Å².